The summed E-state index contributed by atoms with van der Waals surface area (Å²) in [6, 6.07) is 5.44. The Kier molecular flexibility index (Phi) is 6.56. The lowest BCUT2D eigenvalue weighted by Crippen LogP contribution is -2.50. The third kappa shape index (κ3) is 4.40. The van der Waals surface area contributed by atoms with Gasteiger partial charge in [-0.1, -0.05) is 29.8 Å². The number of likely N-dealkylation sites (tertiary alicyclic amines) is 1. The lowest BCUT2D eigenvalue weighted by Gasteiger charge is -2.28. The minimum absolute atomic E-state index is 0.213. The zero-order valence-corrected chi connectivity index (χ0v) is 20.0. The predicted molar refractivity (Wildman–Crippen MR) is 119 cm³/mol. The Balaban J connectivity index is 1.33. The maximum atomic E-state index is 13.1. The first-order valence-electron chi connectivity index (χ1n) is 11.1. The number of carbonyl (C=O) groups is 5. The van der Waals surface area contributed by atoms with Gasteiger partial charge in [0, 0.05) is 10.0 Å². The molecule has 9 nitrogen and oxygen atoms in total. The van der Waals surface area contributed by atoms with Crippen LogP contribution in [-0.2, 0) is 23.9 Å². The van der Waals surface area contributed by atoms with Crippen molar-refractivity contribution in [3.63, 3.8) is 0 Å². The summed E-state index contributed by atoms with van der Waals surface area (Å²) in [7, 11) is 0. The molecule has 1 aliphatic heterocycles. The van der Waals surface area contributed by atoms with Crippen molar-refractivity contribution in [3.8, 4) is 0 Å². The Morgan fingerprint density at radius 3 is 2.15 bits per heavy atom. The number of hydrazine groups is 1. The fourth-order valence-electron chi connectivity index (χ4n) is 5.44. The Labute approximate surface area is 199 Å². The van der Waals surface area contributed by atoms with Gasteiger partial charge in [0.2, 0.25) is 11.8 Å². The molecule has 176 valence electrons. The maximum Gasteiger partial charge on any atom is 0.330 e. The highest BCUT2D eigenvalue weighted by molar-refractivity contribution is 9.10. The molecule has 1 aromatic rings. The van der Waals surface area contributed by atoms with Gasteiger partial charge in [-0.05, 0) is 61.3 Å². The molecule has 4 rings (SSSR count). The summed E-state index contributed by atoms with van der Waals surface area (Å²) in [5.41, 5.74) is 4.76. The van der Waals surface area contributed by atoms with Gasteiger partial charge in [-0.15, -0.1) is 0 Å². The SMILES string of the molecule is CC(C)[C@H](C(=O)OCC(=O)NNC(=O)c1ccc(Br)cc1)N1C(=O)[C@H]2[C@H]3CC[C@@H](C3)[C@@H]2C1=O. The van der Waals surface area contributed by atoms with E-state index in [0.717, 1.165) is 28.6 Å². The molecule has 2 saturated carbocycles. The van der Waals surface area contributed by atoms with Gasteiger partial charge in [0.15, 0.2) is 6.61 Å². The molecule has 0 unspecified atom stereocenters. The van der Waals surface area contributed by atoms with Crippen LogP contribution in [0, 0.1) is 29.6 Å². The minimum atomic E-state index is -1.08. The molecule has 0 radical (unpaired) electrons. The monoisotopic (exact) mass is 519 g/mol. The molecule has 10 heteroatoms. The summed E-state index contributed by atoms with van der Waals surface area (Å²) in [5, 5.41) is 0. The van der Waals surface area contributed by atoms with Crippen LogP contribution in [-0.4, -0.2) is 47.1 Å². The average Bonchev–Trinajstić information content (AvgIpc) is 3.46. The number of esters is 1. The summed E-state index contributed by atoms with van der Waals surface area (Å²) in [5.74, 6) is -3.28. The number of halogens is 1. The van der Waals surface area contributed by atoms with Gasteiger partial charge >= 0.3 is 5.97 Å². The fraction of sp³-hybridized carbons (Fsp3) is 0.522. The predicted octanol–water partition coefficient (Wildman–Crippen LogP) is 1.81. The standard InChI is InChI=1S/C23H26BrN3O6/c1-11(2)19(27-21(30)17-13-3-4-14(9-13)18(17)22(27)31)23(32)33-10-16(28)25-26-20(29)12-5-7-15(24)8-6-12/h5-8,11,13-14,17-19H,3-4,9-10H2,1-2H3,(H,25,28)(H,26,29)/t13-,14-,17-,18-,19+/m0/s1. The highest BCUT2D eigenvalue weighted by Gasteiger charge is 2.62. The number of hydrogen-bond donors (Lipinski definition) is 2. The van der Waals surface area contributed by atoms with E-state index in [2.05, 4.69) is 26.8 Å². The third-order valence-electron chi connectivity index (χ3n) is 6.88. The molecule has 1 saturated heterocycles. The van der Waals surface area contributed by atoms with E-state index in [0.29, 0.717) is 5.56 Å². The second-order valence-corrected chi connectivity index (χ2v) is 10.2. The van der Waals surface area contributed by atoms with Crippen LogP contribution in [0.15, 0.2) is 28.7 Å². The van der Waals surface area contributed by atoms with Crippen molar-refractivity contribution in [2.45, 2.75) is 39.2 Å². The van der Waals surface area contributed by atoms with Crippen LogP contribution < -0.4 is 10.9 Å². The summed E-state index contributed by atoms with van der Waals surface area (Å²) in [6.45, 7) is 2.80. The number of ether oxygens (including phenoxy) is 1. The summed E-state index contributed by atoms with van der Waals surface area (Å²) >= 11 is 3.27. The van der Waals surface area contributed by atoms with Crippen molar-refractivity contribution < 1.29 is 28.7 Å². The van der Waals surface area contributed by atoms with Crippen molar-refractivity contribution in [2.24, 2.45) is 29.6 Å². The fourth-order valence-corrected chi connectivity index (χ4v) is 5.70. The molecule has 2 bridgehead atoms. The summed E-state index contributed by atoms with van der Waals surface area (Å²) < 4.78 is 5.93. The first-order valence-corrected chi connectivity index (χ1v) is 11.9. The number of nitrogens with zero attached hydrogens (tertiary/aromatic N) is 1. The Bertz CT molecular complexity index is 966. The molecular formula is C23H26BrN3O6. The number of rotatable bonds is 6. The van der Waals surface area contributed by atoms with Crippen molar-refractivity contribution in [3.05, 3.63) is 34.3 Å². The van der Waals surface area contributed by atoms with Gasteiger partial charge in [-0.3, -0.25) is 34.9 Å². The van der Waals surface area contributed by atoms with Crippen molar-refractivity contribution in [1.29, 1.82) is 0 Å². The van der Waals surface area contributed by atoms with Gasteiger partial charge in [0.05, 0.1) is 11.8 Å². The minimum Gasteiger partial charge on any atom is -0.454 e. The van der Waals surface area contributed by atoms with Crippen molar-refractivity contribution in [1.82, 2.24) is 15.8 Å². The molecule has 1 aromatic carbocycles. The van der Waals surface area contributed by atoms with E-state index in [9.17, 15) is 24.0 Å². The van der Waals surface area contributed by atoms with E-state index in [1.54, 1.807) is 38.1 Å². The van der Waals surface area contributed by atoms with Crippen LogP contribution in [0.25, 0.3) is 0 Å². The number of benzene rings is 1. The smallest absolute Gasteiger partial charge is 0.330 e. The van der Waals surface area contributed by atoms with Gasteiger partial charge in [0.25, 0.3) is 11.8 Å². The molecule has 0 spiro atoms. The lowest BCUT2D eigenvalue weighted by molar-refractivity contribution is -0.162. The van der Waals surface area contributed by atoms with Crippen LogP contribution >= 0.6 is 15.9 Å². The van der Waals surface area contributed by atoms with Crippen molar-refractivity contribution >= 4 is 45.5 Å². The van der Waals surface area contributed by atoms with Gasteiger partial charge in [-0.25, -0.2) is 4.79 Å². The van der Waals surface area contributed by atoms with E-state index < -0.39 is 30.4 Å². The van der Waals surface area contributed by atoms with E-state index in [1.165, 1.54) is 0 Å². The number of fused-ring (bicyclic) bond motifs is 5. The molecule has 4 amide bonds. The number of carbonyl (C=O) groups excluding carboxylic acids is 5. The highest BCUT2D eigenvalue weighted by Crippen LogP contribution is 2.56. The molecule has 33 heavy (non-hydrogen) atoms. The van der Waals surface area contributed by atoms with Crippen LogP contribution in [0.1, 0.15) is 43.5 Å². The molecule has 5 atom stereocenters. The number of amides is 4. The average molecular weight is 520 g/mol. The topological polar surface area (TPSA) is 122 Å². The summed E-state index contributed by atoms with van der Waals surface area (Å²) in [4.78, 5) is 64.2. The first-order chi connectivity index (χ1) is 15.7. The molecule has 0 aromatic heterocycles. The maximum absolute atomic E-state index is 13.1. The molecule has 2 aliphatic carbocycles. The van der Waals surface area contributed by atoms with Crippen molar-refractivity contribution in [2.75, 3.05) is 6.61 Å². The Morgan fingerprint density at radius 2 is 1.61 bits per heavy atom. The number of imide groups is 1. The normalized spacial score (nSPS) is 26.4. The Hall–Kier alpha value is -2.75. The van der Waals surface area contributed by atoms with E-state index in [-0.39, 0.29) is 41.4 Å². The second kappa shape index (κ2) is 9.24. The van der Waals surface area contributed by atoms with Gasteiger partial charge in [0.1, 0.15) is 6.04 Å². The van der Waals surface area contributed by atoms with Gasteiger partial charge < -0.3 is 4.74 Å². The van der Waals surface area contributed by atoms with E-state index in [4.69, 9.17) is 4.74 Å². The van der Waals surface area contributed by atoms with Crippen LogP contribution in [0.2, 0.25) is 0 Å². The van der Waals surface area contributed by atoms with Crippen LogP contribution in [0.4, 0.5) is 0 Å². The highest BCUT2D eigenvalue weighted by atomic mass is 79.9. The Morgan fingerprint density at radius 1 is 1.03 bits per heavy atom. The molecule has 1 heterocycles. The first kappa shape index (κ1) is 23.4. The van der Waals surface area contributed by atoms with Gasteiger partial charge in [-0.2, -0.15) is 0 Å². The largest absolute Gasteiger partial charge is 0.454 e. The second-order valence-electron chi connectivity index (χ2n) is 9.24. The van der Waals surface area contributed by atoms with E-state index in [1.807, 2.05) is 0 Å². The summed E-state index contributed by atoms with van der Waals surface area (Å²) in [6.07, 6.45) is 2.80. The number of nitrogens with one attached hydrogen (secondary N) is 2. The molecule has 3 aliphatic rings. The molecule has 3 fully saturated rings. The van der Waals surface area contributed by atoms with E-state index >= 15 is 0 Å². The third-order valence-corrected chi connectivity index (χ3v) is 7.41. The lowest BCUT2D eigenvalue weighted by atomic mass is 9.81. The quantitative estimate of drug-likeness (QED) is 0.335. The zero-order chi connectivity index (χ0) is 23.9. The molecular weight excluding hydrogens is 494 g/mol. The van der Waals surface area contributed by atoms with Crippen LogP contribution in [0.5, 0.6) is 0 Å². The van der Waals surface area contributed by atoms with Crippen LogP contribution in [0.3, 0.4) is 0 Å². The molecule has 2 N–H and O–H groups in total. The number of hydrogen-bond acceptors (Lipinski definition) is 6. The zero-order valence-electron chi connectivity index (χ0n) is 18.4.